The van der Waals surface area contributed by atoms with E-state index in [1.807, 2.05) is 12.3 Å². The maximum atomic E-state index is 13.6. The summed E-state index contributed by atoms with van der Waals surface area (Å²) in [6, 6.07) is 11.6. The molecule has 14 heteroatoms. The number of halogens is 8. The summed E-state index contributed by atoms with van der Waals surface area (Å²) in [4.78, 5) is 24.3. The summed E-state index contributed by atoms with van der Waals surface area (Å²) >= 11 is 12.0. The molecule has 236 valence electrons. The van der Waals surface area contributed by atoms with Crippen molar-refractivity contribution in [1.29, 1.82) is 0 Å². The van der Waals surface area contributed by atoms with Gasteiger partial charge in [0.25, 0.3) is 5.91 Å². The monoisotopic (exact) mass is 700 g/mol. The molecular formula is C29H32Cl5F3N4O2. The fourth-order valence-electron chi connectivity index (χ4n) is 5.46. The van der Waals surface area contributed by atoms with Gasteiger partial charge in [0.2, 0.25) is 0 Å². The first-order valence-corrected chi connectivity index (χ1v) is 13.9. The highest BCUT2D eigenvalue weighted by Crippen LogP contribution is 2.33. The minimum Gasteiger partial charge on any atom is -0.506 e. The number of hydrogen-bond donors (Lipinski definition) is 1. The number of carbonyl (C=O) groups excluding carboxylic acids is 1. The Kier molecular flexibility index (Phi) is 13.7. The van der Waals surface area contributed by atoms with Crippen molar-refractivity contribution in [3.63, 3.8) is 0 Å². The van der Waals surface area contributed by atoms with E-state index < -0.39 is 17.6 Å². The van der Waals surface area contributed by atoms with Crippen molar-refractivity contribution in [3.05, 3.63) is 92.7 Å². The summed E-state index contributed by atoms with van der Waals surface area (Å²) in [5.41, 5.74) is 2.10. The van der Waals surface area contributed by atoms with E-state index in [0.717, 1.165) is 56.0 Å². The molecule has 5 rings (SSSR count). The molecule has 1 atom stereocenters. The zero-order valence-corrected chi connectivity index (χ0v) is 26.9. The van der Waals surface area contributed by atoms with Crippen LogP contribution in [0.4, 0.5) is 13.2 Å². The SMILES string of the molecule is Cl.Cl.Cl.O=C(c1cc(Cl)cc(C(F)(F)F)c1)N1CCN(CCN2CCc3ncccc3C2)C[C@H]1Cc1ccc(Cl)c(O)c1. The van der Waals surface area contributed by atoms with Gasteiger partial charge in [0.1, 0.15) is 5.75 Å². The quantitative estimate of drug-likeness (QED) is 0.306. The number of phenols is 1. The summed E-state index contributed by atoms with van der Waals surface area (Å²) in [6.45, 7) is 4.87. The van der Waals surface area contributed by atoms with Crippen LogP contribution in [0.2, 0.25) is 10.0 Å². The number of alkyl halides is 3. The molecule has 0 bridgehead atoms. The van der Waals surface area contributed by atoms with Crippen LogP contribution in [0.25, 0.3) is 0 Å². The van der Waals surface area contributed by atoms with Crippen LogP contribution in [-0.4, -0.2) is 76.0 Å². The normalized spacial score (nSPS) is 17.2. The van der Waals surface area contributed by atoms with Crippen molar-refractivity contribution in [2.75, 3.05) is 39.3 Å². The lowest BCUT2D eigenvalue weighted by atomic mass is 10.00. The Bertz CT molecular complexity index is 1400. The van der Waals surface area contributed by atoms with Crippen LogP contribution in [0.1, 0.15) is 32.7 Å². The van der Waals surface area contributed by atoms with Crippen LogP contribution in [0.15, 0.2) is 54.7 Å². The summed E-state index contributed by atoms with van der Waals surface area (Å²) < 4.78 is 40.3. The molecule has 0 spiro atoms. The highest BCUT2D eigenvalue weighted by atomic mass is 35.5. The number of pyridine rings is 1. The van der Waals surface area contributed by atoms with E-state index in [2.05, 4.69) is 20.9 Å². The van der Waals surface area contributed by atoms with Crippen molar-refractivity contribution in [2.45, 2.75) is 31.6 Å². The summed E-state index contributed by atoms with van der Waals surface area (Å²) in [5, 5.41) is 10.2. The average Bonchev–Trinajstić information content (AvgIpc) is 2.93. The Morgan fingerprint density at radius 3 is 2.44 bits per heavy atom. The van der Waals surface area contributed by atoms with Crippen LogP contribution < -0.4 is 0 Å². The predicted molar refractivity (Wildman–Crippen MR) is 170 cm³/mol. The van der Waals surface area contributed by atoms with Gasteiger partial charge in [0.15, 0.2) is 0 Å². The van der Waals surface area contributed by atoms with Gasteiger partial charge in [-0.25, -0.2) is 0 Å². The number of rotatable bonds is 6. The standard InChI is InChI=1S/C29H29Cl2F3N4O2.3ClH/c30-23-15-21(14-22(16-23)29(32,33)34)28(40)38-11-10-37(18-24(38)12-19-3-4-25(31)27(39)13-19)9-8-36-7-5-26-20(17-36)2-1-6-35-26;;;/h1-4,6,13-16,24,39H,5,7-12,17-18H2;3*1H/t24-;;;/m1.../s1. The lowest BCUT2D eigenvalue weighted by Crippen LogP contribution is -2.57. The van der Waals surface area contributed by atoms with Gasteiger partial charge in [-0.05, 0) is 53.9 Å². The number of nitrogens with zero attached hydrogens (tertiary/aromatic N) is 4. The van der Waals surface area contributed by atoms with Crippen molar-refractivity contribution in [2.24, 2.45) is 0 Å². The number of hydrogen-bond acceptors (Lipinski definition) is 5. The number of amides is 1. The third-order valence-corrected chi connectivity index (χ3v) is 8.10. The molecule has 2 aromatic carbocycles. The highest BCUT2D eigenvalue weighted by Gasteiger charge is 2.35. The Morgan fingerprint density at radius 2 is 1.72 bits per heavy atom. The van der Waals surface area contributed by atoms with E-state index in [1.165, 1.54) is 11.6 Å². The molecule has 0 unspecified atom stereocenters. The molecule has 1 aromatic heterocycles. The topological polar surface area (TPSA) is 59.9 Å². The second-order valence-electron chi connectivity index (χ2n) is 10.3. The second kappa shape index (κ2) is 15.8. The molecule has 3 heterocycles. The molecule has 1 N–H and O–H groups in total. The van der Waals surface area contributed by atoms with Crippen LogP contribution in [-0.2, 0) is 25.6 Å². The molecule has 0 saturated carbocycles. The van der Waals surface area contributed by atoms with Crippen LogP contribution in [0.3, 0.4) is 0 Å². The minimum absolute atomic E-state index is 0. The molecule has 6 nitrogen and oxygen atoms in total. The van der Waals surface area contributed by atoms with E-state index in [1.54, 1.807) is 23.1 Å². The van der Waals surface area contributed by atoms with Gasteiger partial charge in [0.05, 0.1) is 10.6 Å². The first-order valence-electron chi connectivity index (χ1n) is 13.1. The average molecular weight is 703 g/mol. The number of benzene rings is 2. The minimum atomic E-state index is -4.62. The van der Waals surface area contributed by atoms with Gasteiger partial charge >= 0.3 is 6.18 Å². The summed E-state index contributed by atoms with van der Waals surface area (Å²) in [7, 11) is 0. The molecule has 1 amide bonds. The zero-order chi connectivity index (χ0) is 28.4. The smallest absolute Gasteiger partial charge is 0.416 e. The number of carbonyl (C=O) groups is 1. The highest BCUT2D eigenvalue weighted by molar-refractivity contribution is 6.32. The van der Waals surface area contributed by atoms with E-state index in [9.17, 15) is 23.1 Å². The first kappa shape index (κ1) is 37.2. The third kappa shape index (κ3) is 9.26. The lowest BCUT2D eigenvalue weighted by molar-refractivity contribution is -0.137. The van der Waals surface area contributed by atoms with Gasteiger partial charge < -0.3 is 10.0 Å². The Labute approximate surface area is 277 Å². The van der Waals surface area contributed by atoms with Crippen molar-refractivity contribution in [3.8, 4) is 5.75 Å². The second-order valence-corrected chi connectivity index (χ2v) is 11.1. The Hall–Kier alpha value is -1.98. The molecule has 3 aromatic rings. The van der Waals surface area contributed by atoms with Crippen molar-refractivity contribution < 1.29 is 23.1 Å². The van der Waals surface area contributed by atoms with Gasteiger partial charge in [0, 0.05) is 80.8 Å². The molecule has 2 aliphatic rings. The summed E-state index contributed by atoms with van der Waals surface area (Å²) in [6.07, 6.45) is -1.49. The predicted octanol–water partition coefficient (Wildman–Crippen LogP) is 6.81. The number of aromatic nitrogens is 1. The molecule has 0 radical (unpaired) electrons. The van der Waals surface area contributed by atoms with Crippen LogP contribution >= 0.6 is 60.4 Å². The van der Waals surface area contributed by atoms with Gasteiger partial charge in [-0.15, -0.1) is 37.2 Å². The molecule has 43 heavy (non-hydrogen) atoms. The molecule has 1 fully saturated rings. The molecule has 1 saturated heterocycles. The number of fused-ring (bicyclic) bond motifs is 1. The zero-order valence-electron chi connectivity index (χ0n) is 22.9. The fourth-order valence-corrected chi connectivity index (χ4v) is 5.82. The fraction of sp³-hybridized carbons (Fsp3) is 0.379. The molecular weight excluding hydrogens is 671 g/mol. The summed E-state index contributed by atoms with van der Waals surface area (Å²) in [5.74, 6) is -0.565. The first-order chi connectivity index (χ1) is 19.1. The van der Waals surface area contributed by atoms with Gasteiger partial charge in [-0.3, -0.25) is 19.6 Å². The number of phenolic OH excluding ortho intramolecular Hbond substituents is 1. The largest absolute Gasteiger partial charge is 0.506 e. The van der Waals surface area contributed by atoms with E-state index in [-0.39, 0.29) is 64.6 Å². The molecule has 0 aliphatic carbocycles. The molecule has 2 aliphatic heterocycles. The maximum Gasteiger partial charge on any atom is 0.416 e. The Balaban J connectivity index is 0.00000215. The number of aromatic hydroxyl groups is 1. The lowest BCUT2D eigenvalue weighted by Gasteiger charge is -2.42. The van der Waals surface area contributed by atoms with Gasteiger partial charge in [-0.2, -0.15) is 13.2 Å². The van der Waals surface area contributed by atoms with E-state index in [4.69, 9.17) is 23.2 Å². The van der Waals surface area contributed by atoms with E-state index in [0.29, 0.717) is 26.1 Å². The third-order valence-electron chi connectivity index (χ3n) is 7.56. The number of piperazine rings is 1. The van der Waals surface area contributed by atoms with Crippen LogP contribution in [0.5, 0.6) is 5.75 Å². The van der Waals surface area contributed by atoms with Crippen molar-refractivity contribution in [1.82, 2.24) is 19.7 Å². The van der Waals surface area contributed by atoms with Crippen LogP contribution in [0, 0.1) is 0 Å². The Morgan fingerprint density at radius 1 is 0.977 bits per heavy atom. The van der Waals surface area contributed by atoms with Crippen molar-refractivity contribution >= 4 is 66.3 Å². The van der Waals surface area contributed by atoms with Gasteiger partial charge in [-0.1, -0.05) is 35.3 Å². The maximum absolute atomic E-state index is 13.6. The van der Waals surface area contributed by atoms with E-state index >= 15 is 0 Å².